The maximum atomic E-state index is 12.4. The van der Waals surface area contributed by atoms with E-state index >= 15 is 0 Å². The number of esters is 1. The van der Waals surface area contributed by atoms with Gasteiger partial charge in [0, 0.05) is 0 Å². The van der Waals surface area contributed by atoms with Gasteiger partial charge in [-0.15, -0.1) is 0 Å². The van der Waals surface area contributed by atoms with Gasteiger partial charge in [-0.2, -0.15) is 0 Å². The summed E-state index contributed by atoms with van der Waals surface area (Å²) in [5.74, 6) is -1.51. The first-order valence-corrected chi connectivity index (χ1v) is 6.77. The van der Waals surface area contributed by atoms with Crippen LogP contribution in [0.15, 0.2) is 30.3 Å². The molecule has 1 rings (SSSR count). The van der Waals surface area contributed by atoms with Gasteiger partial charge in [-0.3, -0.25) is 9.59 Å². The van der Waals surface area contributed by atoms with Crippen molar-refractivity contribution >= 4 is 11.8 Å². The van der Waals surface area contributed by atoms with E-state index in [0.717, 1.165) is 0 Å². The number of aliphatic hydroxyl groups is 1. The van der Waals surface area contributed by atoms with Crippen molar-refractivity contribution in [2.45, 2.75) is 45.4 Å². The molecule has 1 aromatic rings. The molecule has 0 heterocycles. The van der Waals surface area contributed by atoms with Gasteiger partial charge in [-0.25, -0.2) is 0 Å². The molecule has 0 amide bonds. The second-order valence-electron chi connectivity index (χ2n) is 5.87. The molecule has 2 atom stereocenters. The molecule has 115 valence electrons. The van der Waals surface area contributed by atoms with Crippen LogP contribution in [-0.2, 0) is 14.3 Å². The highest BCUT2D eigenvalue weighted by Crippen LogP contribution is 2.22. The van der Waals surface area contributed by atoms with E-state index in [1.165, 1.54) is 6.92 Å². The SMILES string of the molecule is C[C@@H](O)[C@H](N)C(=O)[C](C(=O)OC(C)(C)C)c1ccccc1. The van der Waals surface area contributed by atoms with Crippen LogP contribution in [0.1, 0.15) is 33.3 Å². The Kier molecular flexibility index (Phi) is 5.63. The minimum Gasteiger partial charge on any atom is -0.459 e. The van der Waals surface area contributed by atoms with Gasteiger partial charge < -0.3 is 15.6 Å². The van der Waals surface area contributed by atoms with Crippen LogP contribution in [0.3, 0.4) is 0 Å². The van der Waals surface area contributed by atoms with E-state index in [2.05, 4.69) is 0 Å². The molecule has 3 N–H and O–H groups in total. The Morgan fingerprint density at radius 2 is 1.71 bits per heavy atom. The molecule has 21 heavy (non-hydrogen) atoms. The summed E-state index contributed by atoms with van der Waals surface area (Å²) < 4.78 is 5.27. The lowest BCUT2D eigenvalue weighted by Crippen LogP contribution is -2.46. The first-order valence-electron chi connectivity index (χ1n) is 6.77. The highest BCUT2D eigenvalue weighted by molar-refractivity contribution is 6.19. The summed E-state index contributed by atoms with van der Waals surface area (Å²) in [4.78, 5) is 24.7. The van der Waals surface area contributed by atoms with Gasteiger partial charge in [0.15, 0.2) is 11.7 Å². The molecule has 0 aliphatic heterocycles. The van der Waals surface area contributed by atoms with Crippen LogP contribution in [0.25, 0.3) is 0 Å². The van der Waals surface area contributed by atoms with Crippen molar-refractivity contribution in [2.75, 3.05) is 0 Å². The number of ketones is 1. The Labute approximate surface area is 125 Å². The lowest BCUT2D eigenvalue weighted by atomic mass is 9.89. The smallest absolute Gasteiger partial charge is 0.326 e. The Balaban J connectivity index is 3.13. The number of benzene rings is 1. The van der Waals surface area contributed by atoms with Gasteiger partial charge in [-0.1, -0.05) is 30.3 Å². The molecule has 0 aliphatic rings. The average Bonchev–Trinajstić information content (AvgIpc) is 2.36. The van der Waals surface area contributed by atoms with Gasteiger partial charge in [0.1, 0.15) is 5.60 Å². The van der Waals surface area contributed by atoms with Gasteiger partial charge >= 0.3 is 5.97 Å². The van der Waals surface area contributed by atoms with Crippen LogP contribution in [0, 0.1) is 5.92 Å². The standard InChI is InChI=1S/C16H22NO4/c1-10(18)13(17)14(19)12(11-8-6-5-7-9-11)15(20)21-16(2,3)4/h5-10,13,18H,17H2,1-4H3/t10-,13+/m1/s1. The highest BCUT2D eigenvalue weighted by atomic mass is 16.6. The van der Waals surface area contributed by atoms with Crippen molar-refractivity contribution in [3.63, 3.8) is 0 Å². The summed E-state index contributed by atoms with van der Waals surface area (Å²) in [5.41, 5.74) is 5.37. The first kappa shape index (κ1) is 17.3. The number of nitrogens with two attached hydrogens (primary N) is 1. The van der Waals surface area contributed by atoms with E-state index in [9.17, 15) is 14.7 Å². The fourth-order valence-electron chi connectivity index (χ4n) is 1.68. The summed E-state index contributed by atoms with van der Waals surface area (Å²) in [6.45, 7) is 6.55. The molecule has 0 saturated carbocycles. The van der Waals surface area contributed by atoms with Crippen molar-refractivity contribution in [2.24, 2.45) is 5.73 Å². The lowest BCUT2D eigenvalue weighted by molar-refractivity contribution is -0.153. The fourth-order valence-corrected chi connectivity index (χ4v) is 1.68. The van der Waals surface area contributed by atoms with E-state index in [1.807, 2.05) is 0 Å². The number of aliphatic hydroxyl groups excluding tert-OH is 1. The molecule has 0 aliphatic carbocycles. The average molecular weight is 292 g/mol. The number of hydrogen-bond acceptors (Lipinski definition) is 5. The zero-order valence-corrected chi connectivity index (χ0v) is 12.8. The molecule has 0 saturated heterocycles. The Morgan fingerprint density at radius 1 is 1.19 bits per heavy atom. The van der Waals surface area contributed by atoms with E-state index in [4.69, 9.17) is 10.5 Å². The predicted molar refractivity (Wildman–Crippen MR) is 79.3 cm³/mol. The molecular weight excluding hydrogens is 270 g/mol. The van der Waals surface area contributed by atoms with Gasteiger partial charge in [0.05, 0.1) is 12.1 Å². The summed E-state index contributed by atoms with van der Waals surface area (Å²) >= 11 is 0. The second-order valence-corrected chi connectivity index (χ2v) is 5.87. The summed E-state index contributed by atoms with van der Waals surface area (Å²) in [7, 11) is 0. The molecule has 0 bridgehead atoms. The highest BCUT2D eigenvalue weighted by Gasteiger charge is 2.37. The quantitative estimate of drug-likeness (QED) is 0.629. The van der Waals surface area contributed by atoms with Gasteiger partial charge in [0.25, 0.3) is 0 Å². The van der Waals surface area contributed by atoms with Gasteiger partial charge in [0.2, 0.25) is 0 Å². The van der Waals surface area contributed by atoms with Crippen molar-refractivity contribution in [1.29, 1.82) is 0 Å². The second kappa shape index (κ2) is 6.83. The minimum atomic E-state index is -1.17. The van der Waals surface area contributed by atoms with Crippen LogP contribution in [-0.4, -0.2) is 34.6 Å². The molecule has 0 unspecified atom stereocenters. The molecule has 0 fully saturated rings. The third kappa shape index (κ3) is 4.95. The summed E-state index contributed by atoms with van der Waals surface area (Å²) in [6, 6.07) is 7.28. The number of ether oxygens (including phenoxy) is 1. The monoisotopic (exact) mass is 292 g/mol. The molecule has 5 heteroatoms. The zero-order valence-electron chi connectivity index (χ0n) is 12.8. The number of carbonyl (C=O) groups is 2. The van der Waals surface area contributed by atoms with Crippen LogP contribution in [0.2, 0.25) is 0 Å². The zero-order chi connectivity index (χ0) is 16.2. The van der Waals surface area contributed by atoms with Crippen molar-refractivity contribution in [3.8, 4) is 0 Å². The topological polar surface area (TPSA) is 89.6 Å². The Hall–Kier alpha value is -1.72. The predicted octanol–water partition coefficient (Wildman–Crippen LogP) is 1.23. The Morgan fingerprint density at radius 3 is 2.14 bits per heavy atom. The normalized spacial score (nSPS) is 14.6. The van der Waals surface area contributed by atoms with E-state index in [-0.39, 0.29) is 5.92 Å². The summed E-state index contributed by atoms with van der Waals surface area (Å²) in [6.07, 6.45) is -1.06. The van der Waals surface area contributed by atoms with Gasteiger partial charge in [-0.05, 0) is 33.3 Å². The molecule has 1 radical (unpaired) electrons. The molecule has 0 spiro atoms. The van der Waals surface area contributed by atoms with Crippen LogP contribution >= 0.6 is 0 Å². The third-order valence-corrected chi connectivity index (χ3v) is 2.73. The molecule has 5 nitrogen and oxygen atoms in total. The maximum absolute atomic E-state index is 12.4. The first-order chi connectivity index (χ1) is 9.63. The maximum Gasteiger partial charge on any atom is 0.326 e. The molecule has 0 aromatic heterocycles. The molecule has 1 aromatic carbocycles. The third-order valence-electron chi connectivity index (χ3n) is 2.73. The van der Waals surface area contributed by atoms with E-state index in [0.29, 0.717) is 5.56 Å². The number of carbonyl (C=O) groups excluding carboxylic acids is 2. The van der Waals surface area contributed by atoms with Crippen LogP contribution in [0.4, 0.5) is 0 Å². The molecular formula is C16H22NO4. The van der Waals surface area contributed by atoms with Crippen LogP contribution < -0.4 is 5.73 Å². The number of hydrogen-bond donors (Lipinski definition) is 2. The van der Waals surface area contributed by atoms with Crippen LogP contribution in [0.5, 0.6) is 0 Å². The summed E-state index contributed by atoms with van der Waals surface area (Å²) in [5, 5.41) is 9.49. The van der Waals surface area contributed by atoms with Crippen molar-refractivity contribution in [3.05, 3.63) is 41.8 Å². The Bertz CT molecular complexity index is 491. The minimum absolute atomic E-state index is 0.140. The lowest BCUT2D eigenvalue weighted by Gasteiger charge is -2.25. The van der Waals surface area contributed by atoms with E-state index < -0.39 is 29.5 Å². The van der Waals surface area contributed by atoms with E-state index in [1.54, 1.807) is 51.1 Å². The largest absolute Gasteiger partial charge is 0.459 e. The number of Topliss-reactive ketones (excluding diaryl/α,β-unsaturated/α-hetero) is 1. The number of rotatable bonds is 5. The van der Waals surface area contributed by atoms with Crippen molar-refractivity contribution in [1.82, 2.24) is 0 Å². The van der Waals surface area contributed by atoms with Crippen molar-refractivity contribution < 1.29 is 19.4 Å². The fraction of sp³-hybridized carbons (Fsp3) is 0.438.